The van der Waals surface area contributed by atoms with E-state index in [1.165, 1.54) is 10.4 Å². The van der Waals surface area contributed by atoms with Crippen molar-refractivity contribution in [3.05, 3.63) is 60.7 Å². The van der Waals surface area contributed by atoms with E-state index in [9.17, 15) is 8.42 Å². The van der Waals surface area contributed by atoms with E-state index in [0.29, 0.717) is 0 Å². The second kappa shape index (κ2) is 8.23. The van der Waals surface area contributed by atoms with Gasteiger partial charge in [-0.3, -0.25) is 4.18 Å². The van der Waals surface area contributed by atoms with E-state index in [1.54, 1.807) is 0 Å². The molecule has 5 rings (SSSR count). The molecular weight excluding hydrogens is 480 g/mol. The van der Waals surface area contributed by atoms with Gasteiger partial charge in [-0.1, -0.05) is 81.4 Å². The molecule has 190 valence electrons. The Kier molecular flexibility index (Phi) is 5.90. The van der Waals surface area contributed by atoms with Crippen LogP contribution in [-0.2, 0) is 28.2 Å². The summed E-state index contributed by atoms with van der Waals surface area (Å²) in [5.74, 6) is -0.661. The van der Waals surface area contributed by atoms with Crippen molar-refractivity contribution in [3.63, 3.8) is 0 Å². The van der Waals surface area contributed by atoms with Crippen LogP contribution in [0, 0.1) is 11.3 Å². The normalized spacial score (nSPS) is 31.7. The van der Waals surface area contributed by atoms with Crippen LogP contribution in [0.5, 0.6) is 0 Å². The first-order valence-corrected chi connectivity index (χ1v) is 16.0. The summed E-state index contributed by atoms with van der Waals surface area (Å²) in [6.07, 6.45) is 1.11. The first kappa shape index (κ1) is 25.1. The summed E-state index contributed by atoms with van der Waals surface area (Å²) in [6.45, 7) is 10.7. The van der Waals surface area contributed by atoms with Crippen molar-refractivity contribution in [1.29, 1.82) is 0 Å². The fraction of sp³-hybridized carbons (Fsp3) is 0.556. The quantitative estimate of drug-likeness (QED) is 0.415. The van der Waals surface area contributed by atoms with Crippen molar-refractivity contribution < 1.29 is 26.5 Å². The molecule has 8 heteroatoms. The van der Waals surface area contributed by atoms with Crippen LogP contribution in [0.1, 0.15) is 41.0 Å². The molecule has 0 unspecified atom stereocenters. The van der Waals surface area contributed by atoms with Crippen LogP contribution in [0.4, 0.5) is 0 Å². The molecule has 1 saturated heterocycles. The Labute approximate surface area is 210 Å². The van der Waals surface area contributed by atoms with Crippen molar-refractivity contribution in [1.82, 2.24) is 0 Å². The van der Waals surface area contributed by atoms with Gasteiger partial charge in [0.1, 0.15) is 6.10 Å². The van der Waals surface area contributed by atoms with Crippen molar-refractivity contribution in [2.45, 2.75) is 70.2 Å². The van der Waals surface area contributed by atoms with Crippen LogP contribution in [0.15, 0.2) is 60.7 Å². The van der Waals surface area contributed by atoms with Crippen LogP contribution in [0.25, 0.3) is 0 Å². The summed E-state index contributed by atoms with van der Waals surface area (Å²) in [7, 11) is -6.39. The number of rotatable bonds is 7. The third kappa shape index (κ3) is 4.22. The van der Waals surface area contributed by atoms with E-state index >= 15 is 0 Å². The van der Waals surface area contributed by atoms with Crippen LogP contribution < -0.4 is 10.4 Å². The van der Waals surface area contributed by atoms with Crippen LogP contribution in [-0.4, -0.2) is 53.7 Å². The smallest absolute Gasteiger partial charge is 0.264 e. The van der Waals surface area contributed by atoms with Gasteiger partial charge in [0.2, 0.25) is 0 Å². The van der Waals surface area contributed by atoms with Gasteiger partial charge in [0.25, 0.3) is 18.4 Å². The first-order chi connectivity index (χ1) is 16.3. The van der Waals surface area contributed by atoms with Crippen molar-refractivity contribution >= 4 is 28.8 Å². The van der Waals surface area contributed by atoms with Crippen molar-refractivity contribution in [2.24, 2.45) is 11.3 Å². The van der Waals surface area contributed by atoms with Gasteiger partial charge in [-0.15, -0.1) is 0 Å². The molecule has 0 spiro atoms. The molecule has 0 N–H and O–H groups in total. The standard InChI is InChI=1S/C27H36O6SSi/c1-25(2,3)35(19-13-9-7-10-14-19,20-15-11-8-12-16-20)33-22-21-17-27(21,18-30-34(6,28)29)24-23(22)31-26(4,5)32-24/h7-16,21-24H,17-18H2,1-6H3/t21-,22+,23+,24+,27+/m1/s1. The van der Waals surface area contributed by atoms with E-state index in [2.05, 4.69) is 69.3 Å². The largest absolute Gasteiger partial charge is 0.401 e. The lowest BCUT2D eigenvalue weighted by atomic mass is 10.0. The highest BCUT2D eigenvalue weighted by atomic mass is 32.2. The molecule has 35 heavy (non-hydrogen) atoms. The van der Waals surface area contributed by atoms with E-state index in [1.807, 2.05) is 26.0 Å². The topological polar surface area (TPSA) is 71.1 Å². The van der Waals surface area contributed by atoms with Crippen LogP contribution in [0.3, 0.4) is 0 Å². The van der Waals surface area contributed by atoms with Gasteiger partial charge in [-0.05, 0) is 41.6 Å². The summed E-state index contributed by atoms with van der Waals surface area (Å²) >= 11 is 0. The molecule has 0 bridgehead atoms. The predicted octanol–water partition coefficient (Wildman–Crippen LogP) is 3.45. The third-order valence-electron chi connectivity index (χ3n) is 7.87. The Morgan fingerprint density at radius 2 is 1.51 bits per heavy atom. The minimum absolute atomic E-state index is 0.0950. The highest BCUT2D eigenvalue weighted by Gasteiger charge is 2.77. The summed E-state index contributed by atoms with van der Waals surface area (Å²) in [5.41, 5.74) is -0.419. The Morgan fingerprint density at radius 3 is 2.00 bits per heavy atom. The SMILES string of the molecule is CC1(C)O[C@H]2[C@@H](O[Si](c3ccccc3)(c3ccccc3)C(C)(C)C)[C@H]3C[C@@]3(COS(C)(=O)=O)[C@H]2O1. The maximum atomic E-state index is 11.9. The highest BCUT2D eigenvalue weighted by molar-refractivity contribution is 7.85. The molecular formula is C27H36O6SSi. The van der Waals surface area contributed by atoms with Gasteiger partial charge in [0.05, 0.1) is 25.1 Å². The Bertz CT molecular complexity index is 1140. The van der Waals surface area contributed by atoms with Gasteiger partial charge in [0.15, 0.2) is 5.79 Å². The Morgan fingerprint density at radius 1 is 0.971 bits per heavy atom. The van der Waals surface area contributed by atoms with E-state index in [4.69, 9.17) is 18.1 Å². The number of benzene rings is 2. The lowest BCUT2D eigenvalue weighted by Gasteiger charge is -2.45. The molecule has 2 aromatic carbocycles. The van der Waals surface area contributed by atoms with E-state index < -0.39 is 29.6 Å². The summed E-state index contributed by atoms with van der Waals surface area (Å²) in [4.78, 5) is 0. The minimum Gasteiger partial charge on any atom is -0.401 e. The predicted molar refractivity (Wildman–Crippen MR) is 138 cm³/mol. The molecule has 0 aromatic heterocycles. The zero-order chi connectivity index (χ0) is 25.3. The fourth-order valence-electron chi connectivity index (χ4n) is 6.33. The molecule has 2 aromatic rings. The first-order valence-electron chi connectivity index (χ1n) is 12.3. The van der Waals surface area contributed by atoms with Crippen LogP contribution in [0.2, 0.25) is 5.04 Å². The number of hydrogen-bond acceptors (Lipinski definition) is 6. The van der Waals surface area contributed by atoms with Gasteiger partial charge in [-0.25, -0.2) is 0 Å². The van der Waals surface area contributed by atoms with Crippen molar-refractivity contribution in [2.75, 3.05) is 12.9 Å². The maximum absolute atomic E-state index is 11.9. The molecule has 1 aliphatic heterocycles. The highest BCUT2D eigenvalue weighted by Crippen LogP contribution is 2.69. The summed E-state index contributed by atoms with van der Waals surface area (Å²) < 4.78 is 49.4. The van der Waals surface area contributed by atoms with Crippen molar-refractivity contribution in [3.8, 4) is 0 Å². The molecule has 3 aliphatic rings. The molecule has 2 aliphatic carbocycles. The van der Waals surface area contributed by atoms with Gasteiger partial charge in [0, 0.05) is 5.41 Å². The van der Waals surface area contributed by atoms with E-state index in [-0.39, 0.29) is 35.9 Å². The molecule has 5 atom stereocenters. The fourth-order valence-corrected chi connectivity index (χ4v) is 11.5. The van der Waals surface area contributed by atoms with Crippen LogP contribution >= 0.6 is 0 Å². The Hall–Kier alpha value is -1.55. The number of ether oxygens (including phenoxy) is 2. The second-order valence-corrected chi connectivity index (χ2v) is 17.7. The van der Waals surface area contributed by atoms with E-state index in [0.717, 1.165) is 12.7 Å². The maximum Gasteiger partial charge on any atom is 0.264 e. The third-order valence-corrected chi connectivity index (χ3v) is 13.4. The monoisotopic (exact) mass is 516 g/mol. The molecule has 3 fully saturated rings. The molecule has 1 heterocycles. The molecule has 2 saturated carbocycles. The Balaban J connectivity index is 1.60. The lowest BCUT2D eigenvalue weighted by molar-refractivity contribution is -0.167. The lowest BCUT2D eigenvalue weighted by Crippen LogP contribution is -2.68. The average Bonchev–Trinajstić information content (AvgIpc) is 3.34. The molecule has 0 radical (unpaired) electrons. The second-order valence-electron chi connectivity index (χ2n) is 11.8. The number of hydrogen-bond donors (Lipinski definition) is 0. The average molecular weight is 517 g/mol. The van der Waals surface area contributed by atoms with Gasteiger partial charge >= 0.3 is 0 Å². The summed E-state index contributed by atoms with van der Waals surface area (Å²) in [6, 6.07) is 21.1. The molecule has 0 amide bonds. The summed E-state index contributed by atoms with van der Waals surface area (Å²) in [5, 5.41) is 2.24. The zero-order valence-corrected chi connectivity index (χ0v) is 23.2. The van der Waals surface area contributed by atoms with Gasteiger partial charge < -0.3 is 13.9 Å². The van der Waals surface area contributed by atoms with Gasteiger partial charge in [-0.2, -0.15) is 8.42 Å². The number of fused-ring (bicyclic) bond motifs is 3. The molecule has 6 nitrogen and oxygen atoms in total. The zero-order valence-electron chi connectivity index (χ0n) is 21.4. The minimum atomic E-state index is -3.57.